The number of nitrogens with zero attached hydrogens (tertiary/aromatic N) is 4. The quantitative estimate of drug-likeness (QED) is 0.723. The minimum atomic E-state index is 0.469. The lowest BCUT2D eigenvalue weighted by molar-refractivity contribution is 0.685. The highest BCUT2D eigenvalue weighted by atomic mass is 35.5. The average molecular weight is 219 g/mol. The van der Waals surface area contributed by atoms with Crippen LogP contribution in [0.4, 0.5) is 0 Å². The number of nitriles is 1. The smallest absolute Gasteiger partial charge is 0.129 e. The molecule has 74 valence electrons. The van der Waals surface area contributed by atoms with Crippen LogP contribution in [0.5, 0.6) is 0 Å². The second kappa shape index (κ2) is 4.11. The van der Waals surface area contributed by atoms with E-state index in [-0.39, 0.29) is 0 Å². The van der Waals surface area contributed by atoms with Gasteiger partial charge in [-0.25, -0.2) is 4.98 Å². The fourth-order valence-corrected chi connectivity index (χ4v) is 1.31. The minimum Gasteiger partial charge on any atom is -0.267 e. The highest BCUT2D eigenvalue weighted by Crippen LogP contribution is 2.07. The summed E-state index contributed by atoms with van der Waals surface area (Å²) in [6.45, 7) is 0.589. The summed E-state index contributed by atoms with van der Waals surface area (Å²) in [7, 11) is 0. The third-order valence-corrected chi connectivity index (χ3v) is 2.12. The molecule has 0 unspecified atom stereocenters. The van der Waals surface area contributed by atoms with Crippen LogP contribution < -0.4 is 0 Å². The summed E-state index contributed by atoms with van der Waals surface area (Å²) in [6.07, 6.45) is 4.91. The van der Waals surface area contributed by atoms with Crippen LogP contribution in [0, 0.1) is 11.3 Å². The first-order valence-electron chi connectivity index (χ1n) is 4.31. The molecule has 0 bridgehead atoms. The molecule has 2 heterocycles. The Kier molecular flexibility index (Phi) is 2.66. The molecule has 0 saturated carbocycles. The fraction of sp³-hybridized carbons (Fsp3) is 0.100. The first kappa shape index (κ1) is 9.69. The van der Waals surface area contributed by atoms with E-state index in [9.17, 15) is 0 Å². The van der Waals surface area contributed by atoms with E-state index in [0.29, 0.717) is 17.3 Å². The fourth-order valence-electron chi connectivity index (χ4n) is 1.19. The van der Waals surface area contributed by atoms with E-state index < -0.39 is 0 Å². The molecule has 2 aromatic rings. The molecule has 0 radical (unpaired) electrons. The Morgan fingerprint density at radius 1 is 1.40 bits per heavy atom. The normalized spacial score (nSPS) is 9.87. The standard InChI is InChI=1S/C10H7ClN4/c11-10-2-1-8(4-13-10)6-15-7-9(3-12)5-14-15/h1-2,4-5,7H,6H2. The van der Waals surface area contributed by atoms with Gasteiger partial charge < -0.3 is 0 Å². The SMILES string of the molecule is N#Cc1cnn(Cc2ccc(Cl)nc2)c1. The van der Waals surface area contributed by atoms with Gasteiger partial charge in [0.2, 0.25) is 0 Å². The van der Waals surface area contributed by atoms with Crippen LogP contribution in [0.15, 0.2) is 30.7 Å². The molecule has 0 atom stereocenters. The topological polar surface area (TPSA) is 54.5 Å². The minimum absolute atomic E-state index is 0.469. The molecule has 0 spiro atoms. The molecule has 0 aromatic carbocycles. The molecule has 0 aliphatic heterocycles. The lowest BCUT2D eigenvalue weighted by atomic mass is 10.3. The van der Waals surface area contributed by atoms with Crippen LogP contribution >= 0.6 is 11.6 Å². The summed E-state index contributed by atoms with van der Waals surface area (Å²) < 4.78 is 1.68. The van der Waals surface area contributed by atoms with Gasteiger partial charge in [-0.05, 0) is 11.6 Å². The molecular formula is C10H7ClN4. The van der Waals surface area contributed by atoms with Crippen molar-refractivity contribution in [2.75, 3.05) is 0 Å². The summed E-state index contributed by atoms with van der Waals surface area (Å²) >= 11 is 5.66. The number of halogens is 1. The summed E-state index contributed by atoms with van der Waals surface area (Å²) in [5.74, 6) is 0. The number of hydrogen-bond acceptors (Lipinski definition) is 3. The van der Waals surface area contributed by atoms with Crippen molar-refractivity contribution in [3.05, 3.63) is 47.0 Å². The zero-order valence-corrected chi connectivity index (χ0v) is 8.52. The first-order valence-corrected chi connectivity index (χ1v) is 4.69. The van der Waals surface area contributed by atoms with Crippen molar-refractivity contribution < 1.29 is 0 Å². The third-order valence-electron chi connectivity index (χ3n) is 1.90. The molecular weight excluding hydrogens is 212 g/mol. The van der Waals surface area contributed by atoms with Crippen LogP contribution in [0.25, 0.3) is 0 Å². The Hall–Kier alpha value is -1.86. The molecule has 4 nitrogen and oxygen atoms in total. The molecule has 0 amide bonds. The highest BCUT2D eigenvalue weighted by molar-refractivity contribution is 6.29. The highest BCUT2D eigenvalue weighted by Gasteiger charge is 1.99. The van der Waals surface area contributed by atoms with Crippen LogP contribution in [0.1, 0.15) is 11.1 Å². The van der Waals surface area contributed by atoms with Gasteiger partial charge in [-0.2, -0.15) is 10.4 Å². The molecule has 5 heteroatoms. The van der Waals surface area contributed by atoms with Gasteiger partial charge in [0, 0.05) is 12.4 Å². The van der Waals surface area contributed by atoms with E-state index in [4.69, 9.17) is 16.9 Å². The Balaban J connectivity index is 2.15. The largest absolute Gasteiger partial charge is 0.267 e. The zero-order valence-electron chi connectivity index (χ0n) is 7.76. The van der Waals surface area contributed by atoms with Crippen LogP contribution in [0.3, 0.4) is 0 Å². The molecule has 0 aliphatic rings. The van der Waals surface area contributed by atoms with E-state index in [0.717, 1.165) is 5.56 Å². The van der Waals surface area contributed by atoms with Crippen molar-refractivity contribution in [1.82, 2.24) is 14.8 Å². The van der Waals surface area contributed by atoms with E-state index >= 15 is 0 Å². The van der Waals surface area contributed by atoms with Gasteiger partial charge in [-0.15, -0.1) is 0 Å². The summed E-state index contributed by atoms with van der Waals surface area (Å²) in [5, 5.41) is 13.1. The van der Waals surface area contributed by atoms with Gasteiger partial charge in [0.05, 0.1) is 18.3 Å². The second-order valence-electron chi connectivity index (χ2n) is 3.03. The maximum atomic E-state index is 8.62. The maximum absolute atomic E-state index is 8.62. The summed E-state index contributed by atoms with van der Waals surface area (Å²) in [6, 6.07) is 5.63. The molecule has 0 saturated heterocycles. The van der Waals surface area contributed by atoms with E-state index in [2.05, 4.69) is 10.1 Å². The lowest BCUT2D eigenvalue weighted by Gasteiger charge is -2.00. The van der Waals surface area contributed by atoms with Gasteiger partial charge in [-0.3, -0.25) is 4.68 Å². The van der Waals surface area contributed by atoms with Crippen LogP contribution in [-0.2, 0) is 6.54 Å². The van der Waals surface area contributed by atoms with Gasteiger partial charge in [0.15, 0.2) is 0 Å². The Bertz CT molecular complexity index is 495. The van der Waals surface area contributed by atoms with E-state index in [1.165, 1.54) is 6.20 Å². The van der Waals surface area contributed by atoms with Gasteiger partial charge >= 0.3 is 0 Å². The molecule has 0 fully saturated rings. The molecule has 0 N–H and O–H groups in total. The predicted octanol–water partition coefficient (Wildman–Crippen LogP) is 1.85. The summed E-state index contributed by atoms with van der Waals surface area (Å²) in [4.78, 5) is 3.96. The number of aromatic nitrogens is 3. The average Bonchev–Trinajstić information content (AvgIpc) is 2.69. The zero-order chi connectivity index (χ0) is 10.7. The molecule has 15 heavy (non-hydrogen) atoms. The first-order chi connectivity index (χ1) is 7.28. The van der Waals surface area contributed by atoms with E-state index in [1.807, 2.05) is 12.1 Å². The van der Waals surface area contributed by atoms with Gasteiger partial charge in [0.1, 0.15) is 11.2 Å². The van der Waals surface area contributed by atoms with Crippen LogP contribution in [0.2, 0.25) is 5.15 Å². The molecule has 0 aliphatic carbocycles. The molecule has 2 aromatic heterocycles. The van der Waals surface area contributed by atoms with E-state index in [1.54, 1.807) is 23.1 Å². The van der Waals surface area contributed by atoms with Crippen molar-refractivity contribution in [1.29, 1.82) is 5.26 Å². The van der Waals surface area contributed by atoms with Crippen molar-refractivity contribution in [2.45, 2.75) is 6.54 Å². The monoisotopic (exact) mass is 218 g/mol. The Morgan fingerprint density at radius 2 is 2.27 bits per heavy atom. The van der Waals surface area contributed by atoms with Crippen molar-refractivity contribution >= 4 is 11.6 Å². The number of rotatable bonds is 2. The summed E-state index contributed by atoms with van der Waals surface area (Å²) in [5.41, 5.74) is 1.55. The number of hydrogen-bond donors (Lipinski definition) is 0. The Morgan fingerprint density at radius 3 is 2.87 bits per heavy atom. The number of pyridine rings is 1. The lowest BCUT2D eigenvalue weighted by Crippen LogP contribution is -1.99. The Labute approximate surface area is 91.7 Å². The van der Waals surface area contributed by atoms with Crippen molar-refractivity contribution in [2.24, 2.45) is 0 Å². The van der Waals surface area contributed by atoms with Crippen molar-refractivity contribution in [3.8, 4) is 6.07 Å². The molecule has 2 rings (SSSR count). The van der Waals surface area contributed by atoms with Crippen molar-refractivity contribution in [3.63, 3.8) is 0 Å². The third kappa shape index (κ3) is 2.33. The van der Waals surface area contributed by atoms with Gasteiger partial charge in [-0.1, -0.05) is 17.7 Å². The predicted molar refractivity (Wildman–Crippen MR) is 55.3 cm³/mol. The van der Waals surface area contributed by atoms with Gasteiger partial charge in [0.25, 0.3) is 0 Å². The second-order valence-corrected chi connectivity index (χ2v) is 3.41. The maximum Gasteiger partial charge on any atom is 0.129 e. The van der Waals surface area contributed by atoms with Crippen LogP contribution in [-0.4, -0.2) is 14.8 Å².